The quantitative estimate of drug-likeness (QED) is 0.736. The Morgan fingerprint density at radius 3 is 3.00 bits per heavy atom. The molecular weight excluding hydrogens is 248 g/mol. The van der Waals surface area contributed by atoms with Crippen molar-refractivity contribution in [2.75, 3.05) is 6.54 Å². The summed E-state index contributed by atoms with van der Waals surface area (Å²) in [6.45, 7) is 4.37. The molecule has 1 aromatic rings. The molecule has 1 saturated heterocycles. The first kappa shape index (κ1) is 13.7. The summed E-state index contributed by atoms with van der Waals surface area (Å²) in [6.07, 6.45) is 2.88. The van der Waals surface area contributed by atoms with Gasteiger partial charge in [-0.1, -0.05) is 12.1 Å². The highest BCUT2D eigenvalue weighted by molar-refractivity contribution is 6.05. The van der Waals surface area contributed by atoms with Crippen LogP contribution in [0.25, 0.3) is 0 Å². The molecule has 1 aromatic heterocycles. The van der Waals surface area contributed by atoms with Gasteiger partial charge in [0.1, 0.15) is 0 Å². The Balaban J connectivity index is 1.85. The Kier molecular flexibility index (Phi) is 4.26. The predicted octanol–water partition coefficient (Wildman–Crippen LogP) is 0.128. The Hall–Kier alpha value is -1.76. The maximum absolute atomic E-state index is 12.1. The maximum atomic E-state index is 12.1. The zero-order valence-corrected chi connectivity index (χ0v) is 11.1. The van der Waals surface area contributed by atoms with Crippen LogP contribution in [0.2, 0.25) is 0 Å². The van der Waals surface area contributed by atoms with E-state index < -0.39 is 6.04 Å². The van der Waals surface area contributed by atoms with Crippen LogP contribution in [0.3, 0.4) is 0 Å². The van der Waals surface area contributed by atoms with E-state index in [4.69, 9.17) is 4.52 Å². The molecule has 2 atom stereocenters. The number of nitrogens with zero attached hydrogens (tertiary/aromatic N) is 3. The highest BCUT2D eigenvalue weighted by Crippen LogP contribution is 2.17. The molecule has 2 unspecified atom stereocenters. The van der Waals surface area contributed by atoms with Gasteiger partial charge in [0.25, 0.3) is 0 Å². The van der Waals surface area contributed by atoms with Crippen LogP contribution in [0, 0.1) is 0 Å². The lowest BCUT2D eigenvalue weighted by molar-refractivity contribution is -0.141. The van der Waals surface area contributed by atoms with Gasteiger partial charge in [-0.25, -0.2) is 0 Å². The molecule has 2 rings (SSSR count). The zero-order valence-electron chi connectivity index (χ0n) is 11.1. The van der Waals surface area contributed by atoms with Crippen LogP contribution >= 0.6 is 0 Å². The van der Waals surface area contributed by atoms with E-state index in [9.17, 15) is 9.59 Å². The summed E-state index contributed by atoms with van der Waals surface area (Å²) in [5.41, 5.74) is 0. The van der Waals surface area contributed by atoms with Crippen molar-refractivity contribution in [1.82, 2.24) is 20.4 Å². The Morgan fingerprint density at radius 2 is 2.37 bits per heavy atom. The number of amides is 2. The molecule has 0 saturated carbocycles. The largest absolute Gasteiger partial charge is 0.340 e. The SMILES string of the molecule is CCC(C)N1C(=O)CC(NCCc2ncno2)C1=O. The van der Waals surface area contributed by atoms with Gasteiger partial charge in [0.15, 0.2) is 6.33 Å². The van der Waals surface area contributed by atoms with Gasteiger partial charge in [-0.3, -0.25) is 14.5 Å². The first-order valence-electron chi connectivity index (χ1n) is 6.48. The summed E-state index contributed by atoms with van der Waals surface area (Å²) in [5, 5.41) is 6.57. The molecule has 0 bridgehead atoms. The molecule has 104 valence electrons. The topological polar surface area (TPSA) is 88.3 Å². The lowest BCUT2D eigenvalue weighted by Crippen LogP contribution is -2.43. The first-order valence-corrected chi connectivity index (χ1v) is 6.48. The average Bonchev–Trinajstić information content (AvgIpc) is 2.98. The van der Waals surface area contributed by atoms with Gasteiger partial charge >= 0.3 is 0 Å². The molecular formula is C12H18N4O3. The summed E-state index contributed by atoms with van der Waals surface area (Å²) in [4.78, 5) is 29.2. The van der Waals surface area contributed by atoms with E-state index in [-0.39, 0.29) is 24.3 Å². The number of carbonyl (C=O) groups is 2. The number of rotatable bonds is 6. The Labute approximate surface area is 111 Å². The third-order valence-electron chi connectivity index (χ3n) is 3.35. The van der Waals surface area contributed by atoms with Gasteiger partial charge in [0.05, 0.1) is 12.5 Å². The van der Waals surface area contributed by atoms with Crippen LogP contribution in [0.15, 0.2) is 10.9 Å². The Bertz CT molecular complexity index is 446. The summed E-state index contributed by atoms with van der Waals surface area (Å²) in [6, 6.07) is -0.466. The maximum Gasteiger partial charge on any atom is 0.247 e. The lowest BCUT2D eigenvalue weighted by Gasteiger charge is -2.21. The van der Waals surface area contributed by atoms with Crippen molar-refractivity contribution < 1.29 is 14.1 Å². The van der Waals surface area contributed by atoms with Gasteiger partial charge in [0, 0.05) is 19.0 Å². The second-order valence-electron chi connectivity index (χ2n) is 4.66. The van der Waals surface area contributed by atoms with Crippen molar-refractivity contribution in [3.63, 3.8) is 0 Å². The number of imide groups is 1. The smallest absolute Gasteiger partial charge is 0.247 e. The molecule has 2 amide bonds. The van der Waals surface area contributed by atoms with E-state index in [0.29, 0.717) is 18.9 Å². The molecule has 1 fully saturated rings. The minimum atomic E-state index is -0.426. The number of hydrogen-bond donors (Lipinski definition) is 1. The van der Waals surface area contributed by atoms with Crippen molar-refractivity contribution in [2.45, 2.75) is 45.2 Å². The highest BCUT2D eigenvalue weighted by Gasteiger charge is 2.40. The standard InChI is InChI=1S/C12H18N4O3/c1-3-8(2)16-11(17)6-9(12(16)18)13-5-4-10-14-7-15-19-10/h7-9,13H,3-6H2,1-2H3. The molecule has 7 nitrogen and oxygen atoms in total. The van der Waals surface area contributed by atoms with Gasteiger partial charge in [-0.15, -0.1) is 0 Å². The number of aromatic nitrogens is 2. The molecule has 0 radical (unpaired) electrons. The second kappa shape index (κ2) is 5.92. The number of carbonyl (C=O) groups excluding carboxylic acids is 2. The van der Waals surface area contributed by atoms with E-state index in [1.165, 1.54) is 11.2 Å². The number of nitrogens with one attached hydrogen (secondary N) is 1. The van der Waals surface area contributed by atoms with Crippen molar-refractivity contribution in [2.24, 2.45) is 0 Å². The molecule has 7 heteroatoms. The molecule has 1 aliphatic heterocycles. The van der Waals surface area contributed by atoms with E-state index in [1.54, 1.807) is 0 Å². The minimum Gasteiger partial charge on any atom is -0.340 e. The van der Waals surface area contributed by atoms with Gasteiger partial charge in [-0.2, -0.15) is 4.98 Å². The van der Waals surface area contributed by atoms with Crippen LogP contribution in [-0.2, 0) is 16.0 Å². The Morgan fingerprint density at radius 1 is 1.58 bits per heavy atom. The molecule has 2 heterocycles. The summed E-state index contributed by atoms with van der Waals surface area (Å²) in [7, 11) is 0. The van der Waals surface area contributed by atoms with E-state index in [2.05, 4.69) is 15.5 Å². The first-order chi connectivity index (χ1) is 9.13. The lowest BCUT2D eigenvalue weighted by atomic mass is 10.2. The van der Waals surface area contributed by atoms with Crippen LogP contribution < -0.4 is 5.32 Å². The third-order valence-corrected chi connectivity index (χ3v) is 3.35. The van der Waals surface area contributed by atoms with E-state index in [0.717, 1.165) is 6.42 Å². The third kappa shape index (κ3) is 2.98. The molecule has 19 heavy (non-hydrogen) atoms. The fraction of sp³-hybridized carbons (Fsp3) is 0.667. The average molecular weight is 266 g/mol. The second-order valence-corrected chi connectivity index (χ2v) is 4.66. The van der Waals surface area contributed by atoms with Gasteiger partial charge in [0.2, 0.25) is 17.7 Å². The van der Waals surface area contributed by atoms with Crippen molar-refractivity contribution >= 4 is 11.8 Å². The fourth-order valence-electron chi connectivity index (χ4n) is 2.12. The van der Waals surface area contributed by atoms with Crippen molar-refractivity contribution in [1.29, 1.82) is 0 Å². The molecule has 0 aromatic carbocycles. The van der Waals surface area contributed by atoms with Crippen LogP contribution in [0.1, 0.15) is 32.6 Å². The summed E-state index contributed by atoms with van der Waals surface area (Å²) >= 11 is 0. The fourth-order valence-corrected chi connectivity index (χ4v) is 2.12. The zero-order chi connectivity index (χ0) is 13.8. The minimum absolute atomic E-state index is 0.0391. The number of likely N-dealkylation sites (tertiary alicyclic amines) is 1. The molecule has 1 aliphatic rings. The van der Waals surface area contributed by atoms with Gasteiger partial charge < -0.3 is 9.84 Å². The van der Waals surface area contributed by atoms with Gasteiger partial charge in [-0.05, 0) is 13.3 Å². The van der Waals surface area contributed by atoms with Crippen LogP contribution in [0.4, 0.5) is 0 Å². The van der Waals surface area contributed by atoms with Crippen molar-refractivity contribution in [3.8, 4) is 0 Å². The molecule has 1 N–H and O–H groups in total. The molecule has 0 aliphatic carbocycles. The van der Waals surface area contributed by atoms with Crippen LogP contribution in [-0.4, -0.2) is 45.5 Å². The molecule has 0 spiro atoms. The monoisotopic (exact) mass is 266 g/mol. The summed E-state index contributed by atoms with van der Waals surface area (Å²) in [5.74, 6) is 0.280. The van der Waals surface area contributed by atoms with E-state index >= 15 is 0 Å². The van der Waals surface area contributed by atoms with Crippen LogP contribution in [0.5, 0.6) is 0 Å². The number of hydrogen-bond acceptors (Lipinski definition) is 6. The van der Waals surface area contributed by atoms with Crippen molar-refractivity contribution in [3.05, 3.63) is 12.2 Å². The summed E-state index contributed by atoms with van der Waals surface area (Å²) < 4.78 is 4.86. The predicted molar refractivity (Wildman–Crippen MR) is 66.0 cm³/mol. The normalized spacial score (nSPS) is 21.2. The van der Waals surface area contributed by atoms with E-state index in [1.807, 2.05) is 13.8 Å². The highest BCUT2D eigenvalue weighted by atomic mass is 16.5.